The van der Waals surface area contributed by atoms with E-state index in [4.69, 9.17) is 9.47 Å². The average Bonchev–Trinajstić information content (AvgIpc) is 2.79. The Kier molecular flexibility index (Phi) is 6.39. The maximum Gasteiger partial charge on any atom is 0.258 e. The first-order valence-corrected chi connectivity index (χ1v) is 10.1. The lowest BCUT2D eigenvalue weighted by molar-refractivity contribution is -0.123. The van der Waals surface area contributed by atoms with Crippen molar-refractivity contribution in [3.05, 3.63) is 78.4 Å². The van der Waals surface area contributed by atoms with Crippen molar-refractivity contribution in [1.29, 1.82) is 0 Å². The highest BCUT2D eigenvalue weighted by atomic mass is 16.5. The molecule has 5 nitrogen and oxygen atoms in total. The number of rotatable bonds is 7. The SMILES string of the molecule is O=C(COc1cccc2ccccc12)NCC(c1ccccc1)N1CCOCC1. The Balaban J connectivity index is 1.37. The summed E-state index contributed by atoms with van der Waals surface area (Å²) >= 11 is 0. The van der Waals surface area contributed by atoms with Gasteiger partial charge in [0.2, 0.25) is 0 Å². The number of hydrogen-bond acceptors (Lipinski definition) is 4. The quantitative estimate of drug-likeness (QED) is 0.672. The van der Waals surface area contributed by atoms with Gasteiger partial charge in [-0.05, 0) is 17.0 Å². The summed E-state index contributed by atoms with van der Waals surface area (Å²) in [7, 11) is 0. The summed E-state index contributed by atoms with van der Waals surface area (Å²) in [6, 6.07) is 24.3. The highest BCUT2D eigenvalue weighted by Crippen LogP contribution is 2.25. The fourth-order valence-electron chi connectivity index (χ4n) is 3.75. The number of benzene rings is 3. The standard InChI is InChI=1S/C24H26N2O3/c27-24(18-29-23-12-6-10-19-7-4-5-11-21(19)23)25-17-22(20-8-2-1-3-9-20)26-13-15-28-16-14-26/h1-12,22H,13-18H2,(H,25,27). The van der Waals surface area contributed by atoms with Crippen molar-refractivity contribution in [3.8, 4) is 5.75 Å². The number of carbonyl (C=O) groups excluding carboxylic acids is 1. The molecule has 0 bridgehead atoms. The van der Waals surface area contributed by atoms with Crippen LogP contribution in [0.15, 0.2) is 72.8 Å². The minimum absolute atomic E-state index is 0.00136. The van der Waals surface area contributed by atoms with Crippen molar-refractivity contribution < 1.29 is 14.3 Å². The molecule has 5 heteroatoms. The first-order valence-electron chi connectivity index (χ1n) is 10.1. The summed E-state index contributed by atoms with van der Waals surface area (Å²) in [5.41, 5.74) is 1.20. The minimum Gasteiger partial charge on any atom is -0.483 e. The molecular formula is C24H26N2O3. The third-order valence-electron chi connectivity index (χ3n) is 5.27. The Labute approximate surface area is 171 Å². The predicted molar refractivity (Wildman–Crippen MR) is 114 cm³/mol. The molecule has 29 heavy (non-hydrogen) atoms. The number of nitrogens with zero attached hydrogens (tertiary/aromatic N) is 1. The van der Waals surface area contributed by atoms with Gasteiger partial charge in [-0.2, -0.15) is 0 Å². The van der Waals surface area contributed by atoms with Gasteiger partial charge in [0.25, 0.3) is 5.91 Å². The number of hydrogen-bond donors (Lipinski definition) is 1. The highest BCUT2D eigenvalue weighted by Gasteiger charge is 2.23. The molecule has 3 aromatic carbocycles. The van der Waals surface area contributed by atoms with Gasteiger partial charge in [0.15, 0.2) is 6.61 Å². The van der Waals surface area contributed by atoms with Gasteiger partial charge >= 0.3 is 0 Å². The van der Waals surface area contributed by atoms with Gasteiger partial charge in [-0.15, -0.1) is 0 Å². The maximum atomic E-state index is 12.5. The van der Waals surface area contributed by atoms with Crippen LogP contribution in [0.3, 0.4) is 0 Å². The van der Waals surface area contributed by atoms with Crippen molar-refractivity contribution in [2.75, 3.05) is 39.5 Å². The van der Waals surface area contributed by atoms with Crippen LogP contribution in [-0.4, -0.2) is 50.3 Å². The van der Waals surface area contributed by atoms with E-state index in [1.54, 1.807) is 0 Å². The Hall–Kier alpha value is -2.89. The molecule has 1 amide bonds. The van der Waals surface area contributed by atoms with Crippen molar-refractivity contribution in [1.82, 2.24) is 10.2 Å². The molecule has 0 aliphatic carbocycles. The summed E-state index contributed by atoms with van der Waals surface area (Å²) in [6.07, 6.45) is 0. The third-order valence-corrected chi connectivity index (χ3v) is 5.27. The van der Waals surface area contributed by atoms with E-state index in [0.717, 1.165) is 42.8 Å². The van der Waals surface area contributed by atoms with Crippen LogP contribution in [-0.2, 0) is 9.53 Å². The molecule has 1 saturated heterocycles. The maximum absolute atomic E-state index is 12.5. The molecule has 1 fully saturated rings. The van der Waals surface area contributed by atoms with Crippen molar-refractivity contribution in [3.63, 3.8) is 0 Å². The van der Waals surface area contributed by atoms with E-state index in [1.807, 2.05) is 60.7 Å². The predicted octanol–water partition coefficient (Wildman–Crippen LogP) is 3.41. The van der Waals surface area contributed by atoms with Crippen LogP contribution in [0.5, 0.6) is 5.75 Å². The Morgan fingerprint density at radius 1 is 0.966 bits per heavy atom. The van der Waals surface area contributed by atoms with E-state index >= 15 is 0 Å². The van der Waals surface area contributed by atoms with Gasteiger partial charge in [-0.3, -0.25) is 9.69 Å². The third kappa shape index (κ3) is 4.94. The number of morpholine rings is 1. The minimum atomic E-state index is -0.118. The zero-order chi connectivity index (χ0) is 19.9. The summed E-state index contributed by atoms with van der Waals surface area (Å²) in [4.78, 5) is 14.9. The second kappa shape index (κ2) is 9.54. The van der Waals surface area contributed by atoms with Gasteiger partial charge in [0.1, 0.15) is 5.75 Å². The van der Waals surface area contributed by atoms with E-state index in [2.05, 4.69) is 22.3 Å². The fraction of sp³-hybridized carbons (Fsp3) is 0.292. The summed E-state index contributed by atoms with van der Waals surface area (Å²) in [5, 5.41) is 5.16. The molecule has 150 valence electrons. The van der Waals surface area contributed by atoms with E-state index in [-0.39, 0.29) is 18.6 Å². The summed E-state index contributed by atoms with van der Waals surface area (Å²) < 4.78 is 11.3. The van der Waals surface area contributed by atoms with Gasteiger partial charge in [0, 0.05) is 25.0 Å². The molecule has 4 rings (SSSR count). The largest absolute Gasteiger partial charge is 0.483 e. The molecule has 1 aliphatic rings. The first kappa shape index (κ1) is 19.4. The molecule has 1 atom stereocenters. The zero-order valence-corrected chi connectivity index (χ0v) is 16.4. The van der Waals surface area contributed by atoms with E-state index in [1.165, 1.54) is 5.56 Å². The van der Waals surface area contributed by atoms with Gasteiger partial charge in [-0.25, -0.2) is 0 Å². The molecule has 0 spiro atoms. The lowest BCUT2D eigenvalue weighted by Gasteiger charge is -2.34. The van der Waals surface area contributed by atoms with Crippen molar-refractivity contribution >= 4 is 16.7 Å². The fourth-order valence-corrected chi connectivity index (χ4v) is 3.75. The van der Waals surface area contributed by atoms with Crippen LogP contribution in [0, 0.1) is 0 Å². The number of carbonyl (C=O) groups is 1. The zero-order valence-electron chi connectivity index (χ0n) is 16.4. The molecule has 1 unspecified atom stereocenters. The number of nitrogens with one attached hydrogen (secondary N) is 1. The number of amides is 1. The first-order chi connectivity index (χ1) is 14.3. The second-order valence-corrected chi connectivity index (χ2v) is 7.14. The van der Waals surface area contributed by atoms with Crippen LogP contribution in [0.1, 0.15) is 11.6 Å². The lowest BCUT2D eigenvalue weighted by atomic mass is 10.0. The van der Waals surface area contributed by atoms with Crippen LogP contribution >= 0.6 is 0 Å². The smallest absolute Gasteiger partial charge is 0.258 e. The van der Waals surface area contributed by atoms with Crippen LogP contribution in [0.4, 0.5) is 0 Å². The number of fused-ring (bicyclic) bond motifs is 1. The molecule has 0 radical (unpaired) electrons. The average molecular weight is 390 g/mol. The molecule has 1 N–H and O–H groups in total. The van der Waals surface area contributed by atoms with E-state index in [9.17, 15) is 4.79 Å². The summed E-state index contributed by atoms with van der Waals surface area (Å²) in [6.45, 7) is 3.72. The molecule has 0 aromatic heterocycles. The highest BCUT2D eigenvalue weighted by molar-refractivity contribution is 5.88. The van der Waals surface area contributed by atoms with Crippen molar-refractivity contribution in [2.45, 2.75) is 6.04 Å². The van der Waals surface area contributed by atoms with Gasteiger partial charge in [0.05, 0.1) is 19.3 Å². The van der Waals surface area contributed by atoms with Crippen molar-refractivity contribution in [2.24, 2.45) is 0 Å². The molecule has 3 aromatic rings. The Morgan fingerprint density at radius 2 is 1.69 bits per heavy atom. The second-order valence-electron chi connectivity index (χ2n) is 7.14. The summed E-state index contributed by atoms with van der Waals surface area (Å²) in [5.74, 6) is 0.609. The number of ether oxygens (including phenoxy) is 2. The topological polar surface area (TPSA) is 50.8 Å². The molecular weight excluding hydrogens is 364 g/mol. The Morgan fingerprint density at radius 3 is 2.52 bits per heavy atom. The monoisotopic (exact) mass is 390 g/mol. The van der Waals surface area contributed by atoms with Crippen LogP contribution in [0.25, 0.3) is 10.8 Å². The Bertz CT molecular complexity index is 934. The van der Waals surface area contributed by atoms with Gasteiger partial charge < -0.3 is 14.8 Å². The molecule has 0 saturated carbocycles. The van der Waals surface area contributed by atoms with Gasteiger partial charge in [-0.1, -0.05) is 66.7 Å². The normalized spacial score (nSPS) is 15.7. The van der Waals surface area contributed by atoms with E-state index < -0.39 is 0 Å². The van der Waals surface area contributed by atoms with Crippen LogP contribution < -0.4 is 10.1 Å². The van der Waals surface area contributed by atoms with E-state index in [0.29, 0.717) is 6.54 Å². The molecule has 1 aliphatic heterocycles. The lowest BCUT2D eigenvalue weighted by Crippen LogP contribution is -2.44. The molecule has 1 heterocycles. The van der Waals surface area contributed by atoms with Crippen LogP contribution in [0.2, 0.25) is 0 Å².